The van der Waals surface area contributed by atoms with Gasteiger partial charge in [0.15, 0.2) is 0 Å². The van der Waals surface area contributed by atoms with Crippen LogP contribution in [-0.2, 0) is 12.8 Å². The Balaban J connectivity index is 2.07. The molecule has 3 heteroatoms. The maximum atomic E-state index is 6.31. The molecule has 0 aliphatic rings. The summed E-state index contributed by atoms with van der Waals surface area (Å²) in [7, 11) is 0. The van der Waals surface area contributed by atoms with Crippen molar-refractivity contribution in [3.05, 3.63) is 68.7 Å². The lowest BCUT2D eigenvalue weighted by atomic mass is 9.94. The van der Waals surface area contributed by atoms with Crippen LogP contribution in [0.3, 0.4) is 0 Å². The Bertz CT molecular complexity index is 564. The molecule has 0 bridgehead atoms. The van der Waals surface area contributed by atoms with Crippen LogP contribution in [-0.4, -0.2) is 5.33 Å². The van der Waals surface area contributed by atoms with Gasteiger partial charge < -0.3 is 0 Å². The van der Waals surface area contributed by atoms with Gasteiger partial charge in [-0.25, -0.2) is 0 Å². The summed E-state index contributed by atoms with van der Waals surface area (Å²) in [5, 5.41) is 1.82. The topological polar surface area (TPSA) is 0 Å². The molecule has 2 aromatic rings. The molecule has 0 spiro atoms. The summed E-state index contributed by atoms with van der Waals surface area (Å²) < 4.78 is 1.03. The molecule has 1 atom stereocenters. The van der Waals surface area contributed by atoms with Crippen LogP contribution in [0, 0.1) is 12.8 Å². The van der Waals surface area contributed by atoms with Crippen molar-refractivity contribution in [1.29, 1.82) is 0 Å². The van der Waals surface area contributed by atoms with Gasteiger partial charge in [-0.1, -0.05) is 79.4 Å². The van der Waals surface area contributed by atoms with Crippen molar-refractivity contribution in [2.24, 2.45) is 5.92 Å². The van der Waals surface area contributed by atoms with Crippen LogP contribution in [0.1, 0.15) is 16.7 Å². The average Bonchev–Trinajstić information content (AvgIpc) is 2.43. The fourth-order valence-corrected chi connectivity index (χ4v) is 3.45. The molecular formula is C17H17Br2Cl. The van der Waals surface area contributed by atoms with Crippen molar-refractivity contribution in [1.82, 2.24) is 0 Å². The predicted octanol–water partition coefficient (Wildman–Crippen LogP) is 6.21. The van der Waals surface area contributed by atoms with E-state index in [0.29, 0.717) is 5.92 Å². The van der Waals surface area contributed by atoms with Crippen LogP contribution in [0.2, 0.25) is 5.02 Å². The zero-order valence-corrected chi connectivity index (χ0v) is 15.3. The fourth-order valence-electron chi connectivity index (χ4n) is 2.24. The van der Waals surface area contributed by atoms with E-state index in [2.05, 4.69) is 75.2 Å². The van der Waals surface area contributed by atoms with Crippen molar-refractivity contribution < 1.29 is 0 Å². The van der Waals surface area contributed by atoms with Gasteiger partial charge in [0.1, 0.15) is 0 Å². The number of hydrogen-bond donors (Lipinski definition) is 0. The van der Waals surface area contributed by atoms with E-state index in [-0.39, 0.29) is 0 Å². The van der Waals surface area contributed by atoms with E-state index in [9.17, 15) is 0 Å². The van der Waals surface area contributed by atoms with Gasteiger partial charge in [-0.3, -0.25) is 0 Å². The Labute approximate surface area is 142 Å². The number of benzene rings is 2. The summed E-state index contributed by atoms with van der Waals surface area (Å²) >= 11 is 13.4. The summed E-state index contributed by atoms with van der Waals surface area (Å²) in [6.07, 6.45) is 2.06. The Morgan fingerprint density at radius 1 is 1.05 bits per heavy atom. The molecule has 0 radical (unpaired) electrons. The molecule has 0 nitrogen and oxygen atoms in total. The third-order valence-electron chi connectivity index (χ3n) is 3.39. The first-order valence-corrected chi connectivity index (χ1v) is 8.93. The second kappa shape index (κ2) is 7.63. The van der Waals surface area contributed by atoms with Crippen LogP contribution < -0.4 is 0 Å². The van der Waals surface area contributed by atoms with Crippen molar-refractivity contribution in [3.8, 4) is 0 Å². The zero-order chi connectivity index (χ0) is 14.5. The second-order valence-corrected chi connectivity index (χ2v) is 7.12. The van der Waals surface area contributed by atoms with E-state index in [1.54, 1.807) is 0 Å². The summed E-state index contributed by atoms with van der Waals surface area (Å²) in [5.74, 6) is 0.552. The van der Waals surface area contributed by atoms with Crippen LogP contribution in [0.4, 0.5) is 0 Å². The smallest absolute Gasteiger partial charge is 0.0449 e. The van der Waals surface area contributed by atoms with Crippen molar-refractivity contribution in [2.75, 3.05) is 5.33 Å². The van der Waals surface area contributed by atoms with Gasteiger partial charge in [-0.2, -0.15) is 0 Å². The second-order valence-electron chi connectivity index (χ2n) is 5.15. The molecule has 0 fully saturated rings. The zero-order valence-electron chi connectivity index (χ0n) is 11.4. The maximum Gasteiger partial charge on any atom is 0.0449 e. The molecule has 0 aliphatic heterocycles. The average molecular weight is 417 g/mol. The summed E-state index contributed by atoms with van der Waals surface area (Å²) in [6, 6.07) is 14.9. The van der Waals surface area contributed by atoms with E-state index in [4.69, 9.17) is 11.6 Å². The highest BCUT2D eigenvalue weighted by Crippen LogP contribution is 2.25. The lowest BCUT2D eigenvalue weighted by molar-refractivity contribution is 0.591. The first kappa shape index (κ1) is 16.1. The lowest BCUT2D eigenvalue weighted by Gasteiger charge is -2.15. The first-order valence-electron chi connectivity index (χ1n) is 6.64. The molecule has 0 amide bonds. The van der Waals surface area contributed by atoms with Crippen LogP contribution in [0.15, 0.2) is 46.9 Å². The van der Waals surface area contributed by atoms with E-state index < -0.39 is 0 Å². The van der Waals surface area contributed by atoms with Crippen molar-refractivity contribution in [3.63, 3.8) is 0 Å². The molecule has 1 unspecified atom stereocenters. The third-order valence-corrected chi connectivity index (χ3v) is 5.15. The number of alkyl halides is 1. The highest BCUT2D eigenvalue weighted by atomic mass is 79.9. The van der Waals surface area contributed by atoms with Gasteiger partial charge in [0.2, 0.25) is 0 Å². The Kier molecular flexibility index (Phi) is 6.13. The predicted molar refractivity (Wildman–Crippen MR) is 95.0 cm³/mol. The summed E-state index contributed by atoms with van der Waals surface area (Å²) in [6.45, 7) is 2.12. The highest BCUT2D eigenvalue weighted by molar-refractivity contribution is 9.10. The standard InChI is InChI=1S/C17H17Br2Cl/c1-12-2-4-13(5-3-12)8-14(11-18)9-15-6-7-16(19)10-17(15)20/h2-7,10,14H,8-9,11H2,1H3. The SMILES string of the molecule is Cc1ccc(CC(CBr)Cc2ccc(Br)cc2Cl)cc1. The molecular weight excluding hydrogens is 399 g/mol. The molecule has 2 rings (SSSR count). The minimum Gasteiger partial charge on any atom is -0.0925 e. The molecule has 2 aromatic carbocycles. The van der Waals surface area contributed by atoms with Crippen molar-refractivity contribution >= 4 is 43.5 Å². The fraction of sp³-hybridized carbons (Fsp3) is 0.294. The van der Waals surface area contributed by atoms with Crippen LogP contribution in [0.25, 0.3) is 0 Å². The largest absolute Gasteiger partial charge is 0.0925 e. The molecule has 106 valence electrons. The molecule has 0 aliphatic carbocycles. The van der Waals surface area contributed by atoms with Gasteiger partial charge in [-0.05, 0) is 48.9 Å². The normalized spacial score (nSPS) is 12.4. The number of rotatable bonds is 5. The third kappa shape index (κ3) is 4.61. The van der Waals surface area contributed by atoms with E-state index in [1.807, 2.05) is 6.07 Å². The van der Waals surface area contributed by atoms with E-state index in [0.717, 1.165) is 27.7 Å². The Hall–Kier alpha value is -0.310. The summed E-state index contributed by atoms with van der Waals surface area (Å²) in [5.41, 5.74) is 3.90. The van der Waals surface area contributed by atoms with E-state index >= 15 is 0 Å². The maximum absolute atomic E-state index is 6.31. The van der Waals surface area contributed by atoms with Crippen LogP contribution in [0.5, 0.6) is 0 Å². The van der Waals surface area contributed by atoms with Gasteiger partial charge in [0.05, 0.1) is 0 Å². The quantitative estimate of drug-likeness (QED) is 0.509. The number of hydrogen-bond acceptors (Lipinski definition) is 0. The Morgan fingerprint density at radius 3 is 2.35 bits per heavy atom. The monoisotopic (exact) mass is 414 g/mol. The van der Waals surface area contributed by atoms with Gasteiger partial charge in [-0.15, -0.1) is 0 Å². The molecule has 0 saturated carbocycles. The number of aryl methyl sites for hydroxylation is 1. The van der Waals surface area contributed by atoms with Gasteiger partial charge in [0.25, 0.3) is 0 Å². The minimum atomic E-state index is 0.552. The van der Waals surface area contributed by atoms with Gasteiger partial charge in [0, 0.05) is 14.8 Å². The van der Waals surface area contributed by atoms with Crippen LogP contribution >= 0.6 is 43.5 Å². The first-order chi connectivity index (χ1) is 9.58. The molecule has 0 N–H and O–H groups in total. The molecule has 0 saturated heterocycles. The minimum absolute atomic E-state index is 0.552. The summed E-state index contributed by atoms with van der Waals surface area (Å²) in [4.78, 5) is 0. The number of halogens is 3. The van der Waals surface area contributed by atoms with Crippen molar-refractivity contribution in [2.45, 2.75) is 19.8 Å². The molecule has 20 heavy (non-hydrogen) atoms. The van der Waals surface area contributed by atoms with Gasteiger partial charge >= 0.3 is 0 Å². The molecule has 0 aromatic heterocycles. The van der Waals surface area contributed by atoms with E-state index in [1.165, 1.54) is 16.7 Å². The Morgan fingerprint density at radius 2 is 1.75 bits per heavy atom. The highest BCUT2D eigenvalue weighted by Gasteiger charge is 2.12. The lowest BCUT2D eigenvalue weighted by Crippen LogP contribution is -2.10. The molecule has 0 heterocycles.